The van der Waals surface area contributed by atoms with E-state index < -0.39 is 0 Å². The molecule has 1 aromatic rings. The number of aromatic hydroxyl groups is 1. The fourth-order valence-electron chi connectivity index (χ4n) is 2.99. The molecule has 2 N–H and O–H groups in total. The minimum atomic E-state index is -0.111. The molecule has 6 nitrogen and oxygen atoms in total. The molecule has 114 valence electrons. The fourth-order valence-corrected chi connectivity index (χ4v) is 2.99. The summed E-state index contributed by atoms with van der Waals surface area (Å²) in [5.41, 5.74) is 0.853. The highest BCUT2D eigenvalue weighted by atomic mass is 16.7. The Bertz CT molecular complexity index is 537. The van der Waals surface area contributed by atoms with Gasteiger partial charge in [-0.15, -0.1) is 0 Å². The molecule has 0 saturated carbocycles. The summed E-state index contributed by atoms with van der Waals surface area (Å²) in [4.78, 5) is 12.9. The first-order valence-corrected chi connectivity index (χ1v) is 7.20. The maximum atomic E-state index is 11.5. The first kappa shape index (κ1) is 14.0. The van der Waals surface area contributed by atoms with Crippen molar-refractivity contribution in [1.29, 1.82) is 0 Å². The molecule has 0 aromatic heterocycles. The van der Waals surface area contributed by atoms with Crippen molar-refractivity contribution in [1.82, 2.24) is 0 Å². The van der Waals surface area contributed by atoms with E-state index in [1.165, 1.54) is 12.0 Å². The van der Waals surface area contributed by atoms with Gasteiger partial charge in [0.1, 0.15) is 12.3 Å². The van der Waals surface area contributed by atoms with Crippen molar-refractivity contribution in [2.24, 2.45) is 5.92 Å². The Labute approximate surface area is 123 Å². The molecule has 2 heterocycles. The number of carbonyl (C=O) groups excluding carboxylic acids is 1. The van der Waals surface area contributed by atoms with Crippen LogP contribution in [0.1, 0.15) is 18.4 Å². The third-order valence-electron chi connectivity index (χ3n) is 4.24. The second-order valence-electron chi connectivity index (χ2n) is 5.56. The van der Waals surface area contributed by atoms with Gasteiger partial charge in [0.2, 0.25) is 6.79 Å². The zero-order valence-electron chi connectivity index (χ0n) is 12.1. The number of esters is 1. The van der Waals surface area contributed by atoms with E-state index in [1.807, 2.05) is 6.07 Å². The highest BCUT2D eigenvalue weighted by Crippen LogP contribution is 2.37. The Morgan fingerprint density at radius 3 is 2.67 bits per heavy atom. The standard InChI is InChI=1S/C15H19NO5/c1-19-15(18)10-2-4-16(5-3-10)8-11-6-13-14(7-12(11)17)21-9-20-13/h6-7,10,17H,2-5,8-9H2,1H3/p+1. The van der Waals surface area contributed by atoms with E-state index in [2.05, 4.69) is 0 Å². The number of phenolic OH excluding ortho intramolecular Hbond substituents is 1. The van der Waals surface area contributed by atoms with Crippen molar-refractivity contribution in [2.75, 3.05) is 27.0 Å². The average molecular weight is 294 g/mol. The number of hydrogen-bond donors (Lipinski definition) is 2. The Morgan fingerprint density at radius 1 is 1.33 bits per heavy atom. The molecule has 0 spiro atoms. The van der Waals surface area contributed by atoms with Crippen LogP contribution in [0.3, 0.4) is 0 Å². The normalized spacial score (nSPS) is 23.9. The van der Waals surface area contributed by atoms with Crippen molar-refractivity contribution in [3.05, 3.63) is 17.7 Å². The number of hydrogen-bond acceptors (Lipinski definition) is 5. The number of quaternary nitrogens is 1. The van der Waals surface area contributed by atoms with E-state index in [9.17, 15) is 9.90 Å². The molecule has 1 fully saturated rings. The SMILES string of the molecule is COC(=O)C1CC[NH+](Cc2cc3c(cc2O)OCO3)CC1. The first-order chi connectivity index (χ1) is 10.2. The van der Waals surface area contributed by atoms with Gasteiger partial charge in [-0.3, -0.25) is 4.79 Å². The van der Waals surface area contributed by atoms with Gasteiger partial charge >= 0.3 is 5.97 Å². The number of fused-ring (bicyclic) bond motifs is 1. The molecule has 1 saturated heterocycles. The van der Waals surface area contributed by atoms with Crippen molar-refractivity contribution in [2.45, 2.75) is 19.4 Å². The first-order valence-electron chi connectivity index (χ1n) is 7.20. The lowest BCUT2D eigenvalue weighted by atomic mass is 9.96. The van der Waals surface area contributed by atoms with Gasteiger partial charge in [0.15, 0.2) is 11.5 Å². The molecule has 0 unspecified atom stereocenters. The van der Waals surface area contributed by atoms with Crippen LogP contribution in [0.15, 0.2) is 12.1 Å². The van der Waals surface area contributed by atoms with E-state index in [0.29, 0.717) is 11.5 Å². The van der Waals surface area contributed by atoms with Crippen LogP contribution in [-0.2, 0) is 16.1 Å². The molecule has 21 heavy (non-hydrogen) atoms. The zero-order valence-corrected chi connectivity index (χ0v) is 12.1. The van der Waals surface area contributed by atoms with E-state index in [0.717, 1.165) is 38.0 Å². The molecule has 6 heteroatoms. The molecule has 0 amide bonds. The molecular formula is C15H20NO5+. The predicted molar refractivity (Wildman–Crippen MR) is 73.4 cm³/mol. The minimum Gasteiger partial charge on any atom is -0.507 e. The molecule has 0 bridgehead atoms. The van der Waals surface area contributed by atoms with E-state index >= 15 is 0 Å². The Hall–Kier alpha value is -1.95. The summed E-state index contributed by atoms with van der Waals surface area (Å²) in [6.45, 7) is 2.72. The Morgan fingerprint density at radius 2 is 2.00 bits per heavy atom. The molecule has 2 aliphatic heterocycles. The number of likely N-dealkylation sites (tertiary alicyclic amines) is 1. The smallest absolute Gasteiger partial charge is 0.309 e. The van der Waals surface area contributed by atoms with Gasteiger partial charge in [-0.2, -0.15) is 0 Å². The predicted octanol–water partition coefficient (Wildman–Crippen LogP) is 0.0888. The summed E-state index contributed by atoms with van der Waals surface area (Å²) in [6, 6.07) is 3.45. The summed E-state index contributed by atoms with van der Waals surface area (Å²) in [5, 5.41) is 10.1. The van der Waals surface area contributed by atoms with E-state index in [-0.39, 0.29) is 24.4 Å². The summed E-state index contributed by atoms with van der Waals surface area (Å²) in [5.74, 6) is 1.42. The molecular weight excluding hydrogens is 274 g/mol. The van der Waals surface area contributed by atoms with Crippen molar-refractivity contribution in [3.8, 4) is 17.2 Å². The van der Waals surface area contributed by atoms with Gasteiger partial charge < -0.3 is 24.2 Å². The van der Waals surface area contributed by atoms with Crippen LogP contribution >= 0.6 is 0 Å². The number of piperidine rings is 1. The van der Waals surface area contributed by atoms with Crippen molar-refractivity contribution < 1.29 is 29.0 Å². The number of phenols is 1. The second-order valence-corrected chi connectivity index (χ2v) is 5.56. The largest absolute Gasteiger partial charge is 0.507 e. The highest BCUT2D eigenvalue weighted by Gasteiger charge is 2.29. The van der Waals surface area contributed by atoms with Crippen molar-refractivity contribution >= 4 is 5.97 Å². The fraction of sp³-hybridized carbons (Fsp3) is 0.533. The van der Waals surface area contributed by atoms with Crippen LogP contribution < -0.4 is 14.4 Å². The molecule has 1 aromatic carbocycles. The summed E-state index contributed by atoms with van der Waals surface area (Å²) < 4.78 is 15.4. The Kier molecular flexibility index (Phi) is 3.88. The van der Waals surface area contributed by atoms with Crippen LogP contribution in [0.2, 0.25) is 0 Å². The molecule has 2 aliphatic rings. The van der Waals surface area contributed by atoms with Gasteiger partial charge in [0.05, 0.1) is 31.7 Å². The number of benzene rings is 1. The summed E-state index contributed by atoms with van der Waals surface area (Å²) in [7, 11) is 1.44. The van der Waals surface area contributed by atoms with Crippen molar-refractivity contribution in [3.63, 3.8) is 0 Å². The lowest BCUT2D eigenvalue weighted by Crippen LogP contribution is -3.11. The number of carbonyl (C=O) groups is 1. The second kappa shape index (κ2) is 5.81. The van der Waals surface area contributed by atoms with Crippen LogP contribution in [-0.4, -0.2) is 38.1 Å². The lowest BCUT2D eigenvalue weighted by molar-refractivity contribution is -0.919. The van der Waals surface area contributed by atoms with Gasteiger partial charge in [-0.05, 0) is 6.07 Å². The molecule has 3 rings (SSSR count). The van der Waals surface area contributed by atoms with Gasteiger partial charge in [0, 0.05) is 18.9 Å². The average Bonchev–Trinajstić information content (AvgIpc) is 2.94. The summed E-state index contributed by atoms with van der Waals surface area (Å²) in [6.07, 6.45) is 1.65. The topological polar surface area (TPSA) is 69.4 Å². The van der Waals surface area contributed by atoms with E-state index in [1.54, 1.807) is 6.07 Å². The van der Waals surface area contributed by atoms with Gasteiger partial charge in [0.25, 0.3) is 0 Å². The lowest BCUT2D eigenvalue weighted by Gasteiger charge is -2.28. The number of ether oxygens (including phenoxy) is 3. The maximum absolute atomic E-state index is 11.5. The Balaban J connectivity index is 1.62. The molecule has 0 aliphatic carbocycles. The molecule has 0 atom stereocenters. The maximum Gasteiger partial charge on any atom is 0.309 e. The third-order valence-corrected chi connectivity index (χ3v) is 4.24. The van der Waals surface area contributed by atoms with Crippen LogP contribution in [0.5, 0.6) is 17.2 Å². The quantitative estimate of drug-likeness (QED) is 0.773. The van der Waals surface area contributed by atoms with Gasteiger partial charge in [-0.1, -0.05) is 0 Å². The number of methoxy groups -OCH3 is 1. The van der Waals surface area contributed by atoms with Crippen LogP contribution in [0.25, 0.3) is 0 Å². The van der Waals surface area contributed by atoms with Crippen LogP contribution in [0.4, 0.5) is 0 Å². The zero-order chi connectivity index (χ0) is 14.8. The number of rotatable bonds is 3. The summed E-state index contributed by atoms with van der Waals surface area (Å²) >= 11 is 0. The van der Waals surface area contributed by atoms with E-state index in [4.69, 9.17) is 14.2 Å². The highest BCUT2D eigenvalue weighted by molar-refractivity contribution is 5.72. The third kappa shape index (κ3) is 2.90. The molecule has 0 radical (unpaired) electrons. The number of nitrogens with one attached hydrogen (secondary N) is 1. The van der Waals surface area contributed by atoms with Gasteiger partial charge in [-0.25, -0.2) is 0 Å². The van der Waals surface area contributed by atoms with Crippen LogP contribution in [0, 0.1) is 5.92 Å². The monoisotopic (exact) mass is 294 g/mol. The minimum absolute atomic E-state index is 0.0177.